The van der Waals surface area contributed by atoms with Crippen molar-refractivity contribution >= 4 is 10.0 Å². The second-order valence-electron chi connectivity index (χ2n) is 13.0. The van der Waals surface area contributed by atoms with Crippen LogP contribution in [0.2, 0.25) is 0 Å². The summed E-state index contributed by atoms with van der Waals surface area (Å²) in [6.45, 7) is 6.31. The molecule has 204 valence electrons. The summed E-state index contributed by atoms with van der Waals surface area (Å²) in [5.41, 5.74) is 2.91. The zero-order valence-electron chi connectivity index (χ0n) is 22.5. The van der Waals surface area contributed by atoms with Gasteiger partial charge in [-0.25, -0.2) is 13.1 Å². The van der Waals surface area contributed by atoms with Crippen LogP contribution in [0, 0.1) is 11.8 Å². The normalized spacial score (nSPS) is 33.7. The van der Waals surface area contributed by atoms with E-state index in [1.54, 1.807) is 0 Å². The molecular formula is C31H40N2O4S. The van der Waals surface area contributed by atoms with E-state index in [0.29, 0.717) is 18.8 Å². The summed E-state index contributed by atoms with van der Waals surface area (Å²) in [6, 6.07) is 13.8. The topological polar surface area (TPSA) is 78.9 Å². The van der Waals surface area contributed by atoms with E-state index >= 15 is 0 Å². The van der Waals surface area contributed by atoms with Gasteiger partial charge in [0.2, 0.25) is 10.0 Å². The van der Waals surface area contributed by atoms with Crippen LogP contribution in [0.3, 0.4) is 0 Å². The lowest BCUT2D eigenvalue weighted by Gasteiger charge is -2.64. The van der Waals surface area contributed by atoms with Crippen molar-refractivity contribution in [3.8, 4) is 5.75 Å². The number of benzene rings is 2. The molecule has 2 saturated carbocycles. The molecular weight excluding hydrogens is 496 g/mol. The summed E-state index contributed by atoms with van der Waals surface area (Å²) in [5, 5.41) is 12.6. The molecule has 1 saturated heterocycles. The van der Waals surface area contributed by atoms with Crippen molar-refractivity contribution < 1.29 is 18.3 Å². The van der Waals surface area contributed by atoms with Crippen LogP contribution in [-0.2, 0) is 34.0 Å². The molecule has 7 heteroatoms. The van der Waals surface area contributed by atoms with Gasteiger partial charge in [0.05, 0.1) is 22.8 Å². The molecule has 0 radical (unpaired) electrons. The Labute approximate surface area is 226 Å². The Balaban J connectivity index is 1.21. The van der Waals surface area contributed by atoms with Crippen molar-refractivity contribution in [3.05, 3.63) is 64.7 Å². The average molecular weight is 537 g/mol. The quantitative estimate of drug-likeness (QED) is 0.535. The number of nitrogens with one attached hydrogen (secondary N) is 1. The van der Waals surface area contributed by atoms with Gasteiger partial charge in [-0.05, 0) is 86.1 Å². The van der Waals surface area contributed by atoms with Gasteiger partial charge in [0.25, 0.3) is 0 Å². The number of rotatable bonds is 8. The van der Waals surface area contributed by atoms with Gasteiger partial charge in [0.15, 0.2) is 0 Å². The van der Waals surface area contributed by atoms with Crippen LogP contribution < -0.4 is 9.46 Å². The number of ether oxygens (including phenoxy) is 1. The van der Waals surface area contributed by atoms with Gasteiger partial charge in [-0.2, -0.15) is 0 Å². The Hall–Kier alpha value is -1.93. The summed E-state index contributed by atoms with van der Waals surface area (Å²) in [4.78, 5) is 2.55. The Morgan fingerprint density at radius 2 is 1.87 bits per heavy atom. The SMILES string of the molecule is CC(C)Cc1ccccc1CS(=O)(=O)N[C@H]1CC[C@@]2(O)[C@H]3Cc4cccc5c4[C@@]2(CCN3CC2CC2)[C@H]1O5. The molecule has 3 aliphatic carbocycles. The minimum Gasteiger partial charge on any atom is -0.487 e. The molecule has 0 unspecified atom stereocenters. The van der Waals surface area contributed by atoms with E-state index in [4.69, 9.17) is 4.74 Å². The number of piperidine rings is 1. The number of aliphatic hydroxyl groups is 1. The summed E-state index contributed by atoms with van der Waals surface area (Å²) in [6.07, 6.45) is 5.85. The highest BCUT2D eigenvalue weighted by Crippen LogP contribution is 2.64. The van der Waals surface area contributed by atoms with E-state index < -0.39 is 27.1 Å². The van der Waals surface area contributed by atoms with Crippen molar-refractivity contribution in [2.24, 2.45) is 11.8 Å². The largest absolute Gasteiger partial charge is 0.487 e. The maximum Gasteiger partial charge on any atom is 0.216 e. The predicted molar refractivity (Wildman–Crippen MR) is 148 cm³/mol. The van der Waals surface area contributed by atoms with E-state index in [0.717, 1.165) is 60.7 Å². The first-order valence-corrected chi connectivity index (χ1v) is 16.2. The van der Waals surface area contributed by atoms with Crippen LogP contribution in [-0.4, -0.2) is 55.3 Å². The van der Waals surface area contributed by atoms with E-state index in [2.05, 4.69) is 35.6 Å². The number of hydrogen-bond acceptors (Lipinski definition) is 5. The van der Waals surface area contributed by atoms with Crippen LogP contribution in [0.4, 0.5) is 0 Å². The Kier molecular flexibility index (Phi) is 5.80. The standard InChI is InChI=1S/C31H40N2O4S/c1-20(2)16-22-6-3-4-7-24(22)19-38(35,36)32-25-12-13-31(34)27-17-23-8-5-9-26-28(23)30(31,29(25)37-26)14-15-33(27)18-21-10-11-21/h3-9,20-21,25,27,29,32,34H,10-19H2,1-2H3/t25-,27+,29-,30-,31+/m0/s1. The molecule has 6 nitrogen and oxygen atoms in total. The molecule has 7 rings (SSSR count). The zero-order chi connectivity index (χ0) is 26.3. The van der Waals surface area contributed by atoms with E-state index in [1.807, 2.05) is 30.3 Å². The molecule has 2 aromatic carbocycles. The maximum atomic E-state index is 13.6. The lowest BCUT2D eigenvalue weighted by molar-refractivity contribution is -0.190. The minimum atomic E-state index is -3.62. The molecule has 3 fully saturated rings. The van der Waals surface area contributed by atoms with Gasteiger partial charge >= 0.3 is 0 Å². The van der Waals surface area contributed by atoms with Gasteiger partial charge in [-0.3, -0.25) is 4.90 Å². The molecule has 2 heterocycles. The Morgan fingerprint density at radius 1 is 1.08 bits per heavy atom. The number of hydrogen-bond donors (Lipinski definition) is 2. The molecule has 5 atom stereocenters. The van der Waals surface area contributed by atoms with Crippen molar-refractivity contribution in [2.45, 2.75) is 93.7 Å². The van der Waals surface area contributed by atoms with E-state index in [9.17, 15) is 13.5 Å². The van der Waals surface area contributed by atoms with E-state index in [1.165, 1.54) is 18.4 Å². The van der Waals surface area contributed by atoms with Crippen molar-refractivity contribution in [1.29, 1.82) is 0 Å². The highest BCUT2D eigenvalue weighted by Gasteiger charge is 2.72. The maximum absolute atomic E-state index is 13.6. The van der Waals surface area contributed by atoms with Crippen molar-refractivity contribution in [1.82, 2.24) is 9.62 Å². The average Bonchev–Trinajstić information content (AvgIpc) is 3.60. The molecule has 2 aliphatic heterocycles. The smallest absolute Gasteiger partial charge is 0.216 e. The molecule has 2 bridgehead atoms. The van der Waals surface area contributed by atoms with Gasteiger partial charge in [0, 0.05) is 18.2 Å². The fraction of sp³-hybridized carbons (Fsp3) is 0.613. The van der Waals surface area contributed by atoms with Crippen molar-refractivity contribution in [2.75, 3.05) is 13.1 Å². The van der Waals surface area contributed by atoms with Crippen LogP contribution in [0.1, 0.15) is 68.2 Å². The molecule has 0 amide bonds. The summed E-state index contributed by atoms with van der Waals surface area (Å²) < 4.78 is 37.0. The second kappa shape index (κ2) is 8.79. The predicted octanol–water partition coefficient (Wildman–Crippen LogP) is 3.94. The van der Waals surface area contributed by atoms with E-state index in [-0.39, 0.29) is 17.8 Å². The first-order valence-electron chi connectivity index (χ1n) is 14.5. The molecule has 38 heavy (non-hydrogen) atoms. The number of nitrogens with zero attached hydrogens (tertiary/aromatic N) is 1. The summed E-state index contributed by atoms with van der Waals surface area (Å²) in [5.74, 6) is 2.02. The third kappa shape index (κ3) is 3.80. The van der Waals surface area contributed by atoms with Crippen molar-refractivity contribution in [3.63, 3.8) is 0 Å². The summed E-state index contributed by atoms with van der Waals surface area (Å²) >= 11 is 0. The molecule has 2 N–H and O–H groups in total. The van der Waals surface area contributed by atoms with Gasteiger partial charge in [-0.1, -0.05) is 50.2 Å². The molecule has 1 spiro atoms. The minimum absolute atomic E-state index is 0.0353. The highest BCUT2D eigenvalue weighted by molar-refractivity contribution is 7.88. The zero-order valence-corrected chi connectivity index (χ0v) is 23.3. The fourth-order valence-electron chi connectivity index (χ4n) is 8.39. The third-order valence-corrected chi connectivity index (χ3v) is 11.4. The van der Waals surface area contributed by atoms with Gasteiger partial charge in [-0.15, -0.1) is 0 Å². The Bertz CT molecular complexity index is 1360. The first-order chi connectivity index (χ1) is 18.2. The number of sulfonamides is 1. The fourth-order valence-corrected chi connectivity index (χ4v) is 9.86. The van der Waals surface area contributed by atoms with Crippen LogP contribution in [0.15, 0.2) is 42.5 Å². The van der Waals surface area contributed by atoms with Gasteiger partial charge < -0.3 is 9.84 Å². The second-order valence-corrected chi connectivity index (χ2v) is 14.8. The lowest BCUT2D eigenvalue weighted by atomic mass is 9.48. The monoisotopic (exact) mass is 536 g/mol. The number of likely N-dealkylation sites (tertiary alicyclic amines) is 1. The molecule has 0 aromatic heterocycles. The lowest BCUT2D eigenvalue weighted by Crippen LogP contribution is -2.78. The van der Waals surface area contributed by atoms with Crippen LogP contribution in [0.25, 0.3) is 0 Å². The molecule has 5 aliphatic rings. The molecule has 2 aromatic rings. The van der Waals surface area contributed by atoms with Gasteiger partial charge in [0.1, 0.15) is 11.9 Å². The highest BCUT2D eigenvalue weighted by atomic mass is 32.2. The third-order valence-electron chi connectivity index (χ3n) is 10.1. The first kappa shape index (κ1) is 25.1. The summed E-state index contributed by atoms with van der Waals surface area (Å²) in [7, 11) is -3.62. The Morgan fingerprint density at radius 3 is 2.63 bits per heavy atom. The van der Waals surface area contributed by atoms with Crippen LogP contribution in [0.5, 0.6) is 5.75 Å². The van der Waals surface area contributed by atoms with Crippen LogP contribution >= 0.6 is 0 Å².